The van der Waals surface area contributed by atoms with Gasteiger partial charge in [0.1, 0.15) is 0 Å². The van der Waals surface area contributed by atoms with Crippen molar-refractivity contribution in [1.29, 1.82) is 0 Å². The Morgan fingerprint density at radius 1 is 1.38 bits per heavy atom. The van der Waals surface area contributed by atoms with Crippen molar-refractivity contribution in [2.24, 2.45) is 0 Å². The maximum absolute atomic E-state index is 12.9. The highest BCUT2D eigenvalue weighted by molar-refractivity contribution is 5.75. The normalized spacial score (nSPS) is 14.3. The summed E-state index contributed by atoms with van der Waals surface area (Å²) in [6.07, 6.45) is -1.39. The molecule has 2 atom stereocenters. The Bertz CT molecular complexity index is 393. The number of ether oxygens (including phenoxy) is 1. The van der Waals surface area contributed by atoms with Crippen molar-refractivity contribution in [3.8, 4) is 0 Å². The first-order chi connectivity index (χ1) is 7.47. The van der Waals surface area contributed by atoms with Gasteiger partial charge in [0, 0.05) is 5.92 Å². The zero-order chi connectivity index (χ0) is 12.3. The van der Waals surface area contributed by atoms with Crippen molar-refractivity contribution < 1.29 is 23.4 Å². The number of rotatable bonds is 3. The molecular weight excluding hydrogens is 218 g/mol. The number of methoxy groups -OCH3 is 1. The number of hydrogen-bond acceptors (Lipinski definition) is 3. The highest BCUT2D eigenvalue weighted by Gasteiger charge is 2.25. The summed E-state index contributed by atoms with van der Waals surface area (Å²) in [5.74, 6) is -3.45. The van der Waals surface area contributed by atoms with Gasteiger partial charge >= 0.3 is 5.97 Å². The molecule has 16 heavy (non-hydrogen) atoms. The second-order valence-corrected chi connectivity index (χ2v) is 3.43. The summed E-state index contributed by atoms with van der Waals surface area (Å²) >= 11 is 0. The fraction of sp³-hybridized carbons (Fsp3) is 0.364. The maximum Gasteiger partial charge on any atom is 0.335 e. The van der Waals surface area contributed by atoms with E-state index in [1.807, 2.05) is 0 Å². The number of halogens is 2. The second-order valence-electron chi connectivity index (χ2n) is 3.43. The Labute approximate surface area is 91.7 Å². The lowest BCUT2D eigenvalue weighted by Gasteiger charge is -2.17. The first-order valence-electron chi connectivity index (χ1n) is 4.68. The largest absolute Gasteiger partial charge is 0.467 e. The zero-order valence-electron chi connectivity index (χ0n) is 8.91. The SMILES string of the molecule is COC(=O)C(O)C(C)c1ccc(F)c(F)c1. The topological polar surface area (TPSA) is 46.5 Å². The monoisotopic (exact) mass is 230 g/mol. The molecule has 2 unspecified atom stereocenters. The van der Waals surface area contributed by atoms with Crippen LogP contribution in [0, 0.1) is 11.6 Å². The molecule has 0 aliphatic carbocycles. The fourth-order valence-electron chi connectivity index (χ4n) is 1.30. The molecule has 0 fully saturated rings. The van der Waals surface area contributed by atoms with E-state index in [4.69, 9.17) is 0 Å². The predicted octanol–water partition coefficient (Wildman–Crippen LogP) is 1.60. The van der Waals surface area contributed by atoms with Crippen LogP contribution in [0.1, 0.15) is 18.4 Å². The van der Waals surface area contributed by atoms with Crippen LogP contribution in [0.4, 0.5) is 8.78 Å². The van der Waals surface area contributed by atoms with Crippen molar-refractivity contribution >= 4 is 5.97 Å². The third-order valence-corrected chi connectivity index (χ3v) is 2.39. The van der Waals surface area contributed by atoms with E-state index in [1.165, 1.54) is 13.0 Å². The molecule has 0 aliphatic heterocycles. The molecule has 3 nitrogen and oxygen atoms in total. The van der Waals surface area contributed by atoms with Gasteiger partial charge in [0.25, 0.3) is 0 Å². The molecule has 0 radical (unpaired) electrons. The maximum atomic E-state index is 12.9. The van der Waals surface area contributed by atoms with E-state index in [0.717, 1.165) is 19.2 Å². The van der Waals surface area contributed by atoms with Gasteiger partial charge in [-0.1, -0.05) is 13.0 Å². The average molecular weight is 230 g/mol. The summed E-state index contributed by atoms with van der Waals surface area (Å²) in [7, 11) is 1.14. The Kier molecular flexibility index (Phi) is 3.95. The summed E-state index contributed by atoms with van der Waals surface area (Å²) < 4.78 is 29.9. The lowest BCUT2D eigenvalue weighted by Crippen LogP contribution is -2.27. The lowest BCUT2D eigenvalue weighted by molar-refractivity contribution is -0.151. The molecule has 1 N–H and O–H groups in total. The molecule has 0 saturated carbocycles. The molecule has 0 saturated heterocycles. The lowest BCUT2D eigenvalue weighted by atomic mass is 9.95. The van der Waals surface area contributed by atoms with E-state index >= 15 is 0 Å². The number of hydrogen-bond donors (Lipinski definition) is 1. The molecule has 0 heterocycles. The van der Waals surface area contributed by atoms with Gasteiger partial charge < -0.3 is 9.84 Å². The molecule has 0 aliphatic rings. The minimum absolute atomic E-state index is 0.330. The van der Waals surface area contributed by atoms with Crippen molar-refractivity contribution in [1.82, 2.24) is 0 Å². The second kappa shape index (κ2) is 5.03. The van der Waals surface area contributed by atoms with Gasteiger partial charge in [-0.25, -0.2) is 13.6 Å². The van der Waals surface area contributed by atoms with Gasteiger partial charge in [0.2, 0.25) is 0 Å². The van der Waals surface area contributed by atoms with Crippen LogP contribution in [0.15, 0.2) is 18.2 Å². The van der Waals surface area contributed by atoms with Crippen LogP contribution in [-0.4, -0.2) is 24.3 Å². The Balaban J connectivity index is 2.91. The number of carbonyl (C=O) groups is 1. The molecule has 0 bridgehead atoms. The summed E-state index contributed by atoms with van der Waals surface area (Å²) in [6, 6.07) is 3.21. The third-order valence-electron chi connectivity index (χ3n) is 2.39. The summed E-state index contributed by atoms with van der Waals surface area (Å²) in [5.41, 5.74) is 0.330. The Morgan fingerprint density at radius 2 is 2.00 bits per heavy atom. The Hall–Kier alpha value is -1.49. The van der Waals surface area contributed by atoms with Crippen molar-refractivity contribution in [2.45, 2.75) is 18.9 Å². The van der Waals surface area contributed by atoms with Crippen molar-refractivity contribution in [3.05, 3.63) is 35.4 Å². The van der Waals surface area contributed by atoms with Crippen LogP contribution >= 0.6 is 0 Å². The van der Waals surface area contributed by atoms with Crippen LogP contribution in [0.5, 0.6) is 0 Å². The van der Waals surface area contributed by atoms with E-state index in [2.05, 4.69) is 4.74 Å². The molecule has 5 heteroatoms. The standard InChI is InChI=1S/C11H12F2O3/c1-6(10(14)11(15)16-2)7-3-4-8(12)9(13)5-7/h3-6,10,14H,1-2H3. The number of aliphatic hydroxyl groups is 1. The number of carbonyl (C=O) groups excluding carboxylic acids is 1. The van der Waals surface area contributed by atoms with Gasteiger partial charge in [0.05, 0.1) is 7.11 Å². The minimum Gasteiger partial charge on any atom is -0.467 e. The van der Waals surface area contributed by atoms with Gasteiger partial charge in [-0.05, 0) is 17.7 Å². The highest BCUT2D eigenvalue weighted by Crippen LogP contribution is 2.21. The molecule has 1 aromatic rings. The van der Waals surface area contributed by atoms with Crippen molar-refractivity contribution in [3.63, 3.8) is 0 Å². The molecule has 1 aromatic carbocycles. The summed E-state index contributed by atoms with van der Waals surface area (Å²) in [4.78, 5) is 11.0. The van der Waals surface area contributed by atoms with E-state index in [1.54, 1.807) is 0 Å². The smallest absolute Gasteiger partial charge is 0.335 e. The van der Waals surface area contributed by atoms with Gasteiger partial charge in [0.15, 0.2) is 17.7 Å². The van der Waals surface area contributed by atoms with Crippen molar-refractivity contribution in [2.75, 3.05) is 7.11 Å². The highest BCUT2D eigenvalue weighted by atomic mass is 19.2. The molecule has 1 rings (SSSR count). The van der Waals surface area contributed by atoms with E-state index < -0.39 is 29.6 Å². The zero-order valence-corrected chi connectivity index (χ0v) is 8.91. The third kappa shape index (κ3) is 2.55. The molecule has 0 aromatic heterocycles. The van der Waals surface area contributed by atoms with Gasteiger partial charge in [-0.3, -0.25) is 0 Å². The summed E-state index contributed by atoms with van der Waals surface area (Å²) in [5, 5.41) is 9.51. The molecule has 0 amide bonds. The average Bonchev–Trinajstić information content (AvgIpc) is 2.29. The molecule has 88 valence electrons. The Morgan fingerprint density at radius 3 is 2.50 bits per heavy atom. The number of esters is 1. The molecule has 0 spiro atoms. The van der Waals surface area contributed by atoms with E-state index in [9.17, 15) is 18.7 Å². The summed E-state index contributed by atoms with van der Waals surface area (Å²) in [6.45, 7) is 1.52. The molecular formula is C11H12F2O3. The van der Waals surface area contributed by atoms with Crippen LogP contribution in [0.25, 0.3) is 0 Å². The first-order valence-corrected chi connectivity index (χ1v) is 4.68. The number of aliphatic hydroxyl groups excluding tert-OH is 1. The van der Waals surface area contributed by atoms with Gasteiger partial charge in [-0.2, -0.15) is 0 Å². The van der Waals surface area contributed by atoms with Crippen LogP contribution in [0.2, 0.25) is 0 Å². The van der Waals surface area contributed by atoms with E-state index in [-0.39, 0.29) is 0 Å². The van der Waals surface area contributed by atoms with E-state index in [0.29, 0.717) is 5.56 Å². The van der Waals surface area contributed by atoms with Crippen LogP contribution in [-0.2, 0) is 9.53 Å². The predicted molar refractivity (Wildman–Crippen MR) is 52.8 cm³/mol. The fourth-order valence-corrected chi connectivity index (χ4v) is 1.30. The number of benzene rings is 1. The van der Waals surface area contributed by atoms with Crippen LogP contribution in [0.3, 0.4) is 0 Å². The first kappa shape index (κ1) is 12.6. The minimum atomic E-state index is -1.39. The quantitative estimate of drug-likeness (QED) is 0.802. The van der Waals surface area contributed by atoms with Crippen LogP contribution < -0.4 is 0 Å². The van der Waals surface area contributed by atoms with Gasteiger partial charge in [-0.15, -0.1) is 0 Å².